The number of ketones is 1. The highest BCUT2D eigenvalue weighted by molar-refractivity contribution is 5.99. The number of rotatable bonds is 4. The van der Waals surface area contributed by atoms with Gasteiger partial charge in [0, 0.05) is 12.1 Å². The molecule has 0 aromatic heterocycles. The Balaban J connectivity index is 2.09. The second-order valence-corrected chi connectivity index (χ2v) is 4.57. The molecule has 0 bridgehead atoms. The van der Waals surface area contributed by atoms with Crippen LogP contribution < -0.4 is 5.32 Å². The van der Waals surface area contributed by atoms with Crippen molar-refractivity contribution < 1.29 is 31.9 Å². The Morgan fingerprint density at radius 1 is 1.29 bits per heavy atom. The smallest absolute Gasteiger partial charge is 0.364 e. The molecule has 0 saturated carbocycles. The number of alkyl halides is 3. The number of benzene rings is 1. The molecule has 0 spiro atoms. The summed E-state index contributed by atoms with van der Waals surface area (Å²) in [5.74, 6) is -2.04. The average Bonchev–Trinajstić information content (AvgIpc) is 2.36. The molecular weight excluding hydrogens is 294 g/mol. The van der Waals surface area contributed by atoms with Crippen molar-refractivity contribution >= 4 is 17.4 Å². The minimum absolute atomic E-state index is 0.205. The standard InChI is InChI=1S/C13H11F4NO3/c14-9-4-10-7(1-2-12(20)18-10)3-8(9)11(19)5-21-6-13(15,16)17/h3-4H,1-2,5-6H2,(H,18,20). The Bertz CT molecular complexity index is 584. The van der Waals surface area contributed by atoms with Crippen LogP contribution in [0.2, 0.25) is 0 Å². The van der Waals surface area contributed by atoms with E-state index in [2.05, 4.69) is 10.1 Å². The third kappa shape index (κ3) is 4.01. The summed E-state index contributed by atoms with van der Waals surface area (Å²) in [6.45, 7) is -2.43. The van der Waals surface area contributed by atoms with E-state index in [1.807, 2.05) is 0 Å². The molecule has 1 aliphatic rings. The first-order chi connectivity index (χ1) is 9.76. The molecule has 8 heteroatoms. The van der Waals surface area contributed by atoms with E-state index in [1.165, 1.54) is 6.07 Å². The third-order valence-electron chi connectivity index (χ3n) is 2.89. The molecule has 0 saturated heterocycles. The Morgan fingerprint density at radius 2 is 2.00 bits per heavy atom. The molecule has 2 rings (SSSR count). The summed E-state index contributed by atoms with van der Waals surface area (Å²) in [6, 6.07) is 2.23. The molecule has 1 heterocycles. The monoisotopic (exact) mass is 305 g/mol. The van der Waals surface area contributed by atoms with E-state index < -0.39 is 31.0 Å². The summed E-state index contributed by atoms with van der Waals surface area (Å²) in [5.41, 5.74) is 0.499. The van der Waals surface area contributed by atoms with Gasteiger partial charge in [0.25, 0.3) is 0 Å². The number of amides is 1. The number of aryl methyl sites for hydroxylation is 1. The van der Waals surface area contributed by atoms with Gasteiger partial charge in [-0.1, -0.05) is 0 Å². The Morgan fingerprint density at radius 3 is 2.67 bits per heavy atom. The lowest BCUT2D eigenvalue weighted by Crippen LogP contribution is -2.22. The van der Waals surface area contributed by atoms with Crippen molar-refractivity contribution in [2.45, 2.75) is 19.0 Å². The summed E-state index contributed by atoms with van der Waals surface area (Å²) in [4.78, 5) is 22.8. The summed E-state index contributed by atoms with van der Waals surface area (Å²) in [6.07, 6.45) is -4.00. The minimum atomic E-state index is -4.54. The van der Waals surface area contributed by atoms with Gasteiger partial charge in [-0.3, -0.25) is 9.59 Å². The molecule has 1 amide bonds. The van der Waals surface area contributed by atoms with Crippen molar-refractivity contribution in [3.63, 3.8) is 0 Å². The maximum atomic E-state index is 13.8. The van der Waals surface area contributed by atoms with E-state index in [9.17, 15) is 27.2 Å². The predicted molar refractivity (Wildman–Crippen MR) is 64.6 cm³/mol. The van der Waals surface area contributed by atoms with Gasteiger partial charge in [-0.05, 0) is 24.1 Å². The predicted octanol–water partition coefficient (Wildman–Crippen LogP) is 2.47. The highest BCUT2D eigenvalue weighted by Crippen LogP contribution is 2.26. The summed E-state index contributed by atoms with van der Waals surface area (Å²) < 4.78 is 53.7. The maximum Gasteiger partial charge on any atom is 0.411 e. The van der Waals surface area contributed by atoms with Gasteiger partial charge in [0.2, 0.25) is 5.91 Å². The number of hydrogen-bond acceptors (Lipinski definition) is 3. The molecule has 4 nitrogen and oxygen atoms in total. The zero-order chi connectivity index (χ0) is 15.6. The van der Waals surface area contributed by atoms with E-state index in [0.29, 0.717) is 12.0 Å². The van der Waals surface area contributed by atoms with Crippen LogP contribution in [0.3, 0.4) is 0 Å². The first-order valence-corrected chi connectivity index (χ1v) is 6.06. The molecule has 1 aromatic carbocycles. The van der Waals surface area contributed by atoms with Gasteiger partial charge in [0.15, 0.2) is 5.78 Å². The first kappa shape index (κ1) is 15.4. The molecule has 0 aliphatic carbocycles. The van der Waals surface area contributed by atoms with Crippen LogP contribution in [0.25, 0.3) is 0 Å². The second-order valence-electron chi connectivity index (χ2n) is 4.57. The van der Waals surface area contributed by atoms with Crippen LogP contribution in [-0.2, 0) is 16.0 Å². The number of carbonyl (C=O) groups is 2. The zero-order valence-corrected chi connectivity index (χ0v) is 10.7. The van der Waals surface area contributed by atoms with Gasteiger partial charge in [0.05, 0.1) is 5.56 Å². The molecule has 114 valence electrons. The van der Waals surface area contributed by atoms with Crippen LogP contribution in [0.5, 0.6) is 0 Å². The summed E-state index contributed by atoms with van der Waals surface area (Å²) in [5, 5.41) is 2.46. The first-order valence-electron chi connectivity index (χ1n) is 6.06. The summed E-state index contributed by atoms with van der Waals surface area (Å²) >= 11 is 0. The van der Waals surface area contributed by atoms with Crippen LogP contribution in [-0.4, -0.2) is 31.1 Å². The van der Waals surface area contributed by atoms with E-state index >= 15 is 0 Å². The number of hydrogen-bond donors (Lipinski definition) is 1. The van der Waals surface area contributed by atoms with Crippen molar-refractivity contribution in [3.8, 4) is 0 Å². The fourth-order valence-corrected chi connectivity index (χ4v) is 1.95. The molecule has 0 radical (unpaired) electrons. The lowest BCUT2D eigenvalue weighted by atomic mass is 9.98. The number of fused-ring (bicyclic) bond motifs is 1. The highest BCUT2D eigenvalue weighted by atomic mass is 19.4. The number of ether oxygens (including phenoxy) is 1. The number of nitrogens with one attached hydrogen (secondary N) is 1. The van der Waals surface area contributed by atoms with Crippen molar-refractivity contribution in [3.05, 3.63) is 29.1 Å². The normalized spacial score (nSPS) is 14.6. The fourth-order valence-electron chi connectivity index (χ4n) is 1.95. The zero-order valence-electron chi connectivity index (χ0n) is 10.7. The van der Waals surface area contributed by atoms with Gasteiger partial charge in [0.1, 0.15) is 19.0 Å². The van der Waals surface area contributed by atoms with Crippen LogP contribution in [0.1, 0.15) is 22.3 Å². The number of Topliss-reactive ketones (excluding diaryl/α,β-unsaturated/α-hetero) is 1. The molecule has 1 aliphatic heterocycles. The quantitative estimate of drug-likeness (QED) is 0.687. The van der Waals surface area contributed by atoms with Gasteiger partial charge < -0.3 is 10.1 Å². The topological polar surface area (TPSA) is 55.4 Å². The van der Waals surface area contributed by atoms with Crippen LogP contribution in [0.15, 0.2) is 12.1 Å². The van der Waals surface area contributed by atoms with Crippen molar-refractivity contribution in [2.24, 2.45) is 0 Å². The molecular formula is C13H11F4NO3. The van der Waals surface area contributed by atoms with Crippen molar-refractivity contribution in [1.29, 1.82) is 0 Å². The van der Waals surface area contributed by atoms with E-state index in [4.69, 9.17) is 0 Å². The van der Waals surface area contributed by atoms with Gasteiger partial charge in [-0.15, -0.1) is 0 Å². The van der Waals surface area contributed by atoms with Gasteiger partial charge in [-0.25, -0.2) is 4.39 Å². The van der Waals surface area contributed by atoms with Crippen molar-refractivity contribution in [1.82, 2.24) is 0 Å². The molecule has 1 aromatic rings. The largest absolute Gasteiger partial charge is 0.411 e. The second kappa shape index (κ2) is 5.80. The molecule has 21 heavy (non-hydrogen) atoms. The number of anilines is 1. The van der Waals surface area contributed by atoms with E-state index in [-0.39, 0.29) is 23.6 Å². The SMILES string of the molecule is O=C1CCc2cc(C(=O)COCC(F)(F)F)c(F)cc2N1. The molecule has 0 fully saturated rings. The van der Waals surface area contributed by atoms with Gasteiger partial charge in [-0.2, -0.15) is 13.2 Å². The minimum Gasteiger partial charge on any atom is -0.364 e. The Hall–Kier alpha value is -1.96. The average molecular weight is 305 g/mol. The summed E-state index contributed by atoms with van der Waals surface area (Å²) in [7, 11) is 0. The van der Waals surface area contributed by atoms with Crippen LogP contribution in [0, 0.1) is 5.82 Å². The Kier molecular flexibility index (Phi) is 4.26. The highest BCUT2D eigenvalue weighted by Gasteiger charge is 2.28. The molecule has 1 N–H and O–H groups in total. The van der Waals surface area contributed by atoms with E-state index in [0.717, 1.165) is 6.07 Å². The van der Waals surface area contributed by atoms with E-state index in [1.54, 1.807) is 0 Å². The lowest BCUT2D eigenvalue weighted by Gasteiger charge is -2.18. The fraction of sp³-hybridized carbons (Fsp3) is 0.385. The number of halogens is 4. The van der Waals surface area contributed by atoms with Crippen LogP contribution >= 0.6 is 0 Å². The van der Waals surface area contributed by atoms with Gasteiger partial charge >= 0.3 is 6.18 Å². The van der Waals surface area contributed by atoms with Crippen molar-refractivity contribution in [2.75, 3.05) is 18.5 Å². The molecule has 0 atom stereocenters. The maximum absolute atomic E-state index is 13.8. The van der Waals surface area contributed by atoms with Crippen LogP contribution in [0.4, 0.5) is 23.2 Å². The lowest BCUT2D eigenvalue weighted by molar-refractivity contribution is -0.170. The number of carbonyl (C=O) groups excluding carboxylic acids is 2. The molecule has 0 unspecified atom stereocenters. The third-order valence-corrected chi connectivity index (χ3v) is 2.89. The Labute approximate surface area is 117 Å².